The highest BCUT2D eigenvalue weighted by Gasteiger charge is 2.10. The van der Waals surface area contributed by atoms with Gasteiger partial charge in [0, 0.05) is 18.0 Å². The minimum absolute atomic E-state index is 0.114. The highest BCUT2D eigenvalue weighted by atomic mass is 35.5. The van der Waals surface area contributed by atoms with E-state index >= 15 is 0 Å². The highest BCUT2D eigenvalue weighted by Crippen LogP contribution is 2.28. The Kier molecular flexibility index (Phi) is 7.29. The van der Waals surface area contributed by atoms with Gasteiger partial charge in [-0.2, -0.15) is 0 Å². The van der Waals surface area contributed by atoms with Crippen LogP contribution in [0.25, 0.3) is 0 Å². The van der Waals surface area contributed by atoms with Crippen LogP contribution >= 0.6 is 11.6 Å². The van der Waals surface area contributed by atoms with Gasteiger partial charge in [-0.3, -0.25) is 9.59 Å². The summed E-state index contributed by atoms with van der Waals surface area (Å²) in [6.45, 7) is 2.62. The zero-order valence-electron chi connectivity index (χ0n) is 14.0. The van der Waals surface area contributed by atoms with Crippen molar-refractivity contribution in [3.05, 3.63) is 59.1 Å². The molecule has 132 valence electrons. The maximum atomic E-state index is 12.1. The summed E-state index contributed by atoms with van der Waals surface area (Å²) in [5.74, 6) is 0.230. The lowest BCUT2D eigenvalue weighted by molar-refractivity contribution is -0.120. The zero-order chi connectivity index (χ0) is 18.1. The van der Waals surface area contributed by atoms with E-state index < -0.39 is 0 Å². The molecule has 0 atom stereocenters. The summed E-state index contributed by atoms with van der Waals surface area (Å²) in [7, 11) is 0. The van der Waals surface area contributed by atoms with Gasteiger partial charge in [0.05, 0.1) is 18.7 Å². The minimum atomic E-state index is -0.219. The highest BCUT2D eigenvalue weighted by molar-refractivity contribution is 6.31. The molecule has 6 heteroatoms. The number of carbonyl (C=O) groups excluding carboxylic acids is 2. The first-order valence-electron chi connectivity index (χ1n) is 8.11. The van der Waals surface area contributed by atoms with Crippen molar-refractivity contribution in [2.75, 3.05) is 18.5 Å². The molecule has 5 nitrogen and oxygen atoms in total. The van der Waals surface area contributed by atoms with Crippen LogP contribution in [0.5, 0.6) is 5.75 Å². The summed E-state index contributed by atoms with van der Waals surface area (Å²) < 4.78 is 5.46. The van der Waals surface area contributed by atoms with Gasteiger partial charge in [-0.1, -0.05) is 41.9 Å². The number of benzene rings is 2. The molecule has 0 saturated carbocycles. The average molecular weight is 361 g/mol. The van der Waals surface area contributed by atoms with Crippen LogP contribution in [0.4, 0.5) is 5.69 Å². The van der Waals surface area contributed by atoms with Crippen LogP contribution in [0.2, 0.25) is 5.02 Å². The predicted molar refractivity (Wildman–Crippen MR) is 99.0 cm³/mol. The van der Waals surface area contributed by atoms with Crippen LogP contribution in [-0.4, -0.2) is 25.0 Å². The van der Waals surface area contributed by atoms with Crippen molar-refractivity contribution in [2.24, 2.45) is 0 Å². The zero-order valence-corrected chi connectivity index (χ0v) is 14.8. The van der Waals surface area contributed by atoms with Crippen LogP contribution < -0.4 is 15.4 Å². The number of nitrogens with one attached hydrogen (secondary N) is 2. The van der Waals surface area contributed by atoms with E-state index in [1.165, 1.54) is 0 Å². The first-order valence-corrected chi connectivity index (χ1v) is 8.49. The van der Waals surface area contributed by atoms with Gasteiger partial charge in [-0.15, -0.1) is 0 Å². The second kappa shape index (κ2) is 9.69. The number of hydrogen-bond acceptors (Lipinski definition) is 3. The first-order chi connectivity index (χ1) is 12.1. The number of carbonyl (C=O) groups is 2. The molecular weight excluding hydrogens is 340 g/mol. The van der Waals surface area contributed by atoms with Gasteiger partial charge in [0.25, 0.3) is 0 Å². The smallest absolute Gasteiger partial charge is 0.226 e. The monoisotopic (exact) mass is 360 g/mol. The molecule has 0 radical (unpaired) electrons. The van der Waals surface area contributed by atoms with E-state index in [4.69, 9.17) is 16.3 Å². The molecule has 2 N–H and O–H groups in total. The molecule has 0 aliphatic carbocycles. The summed E-state index contributed by atoms with van der Waals surface area (Å²) >= 11 is 5.96. The largest absolute Gasteiger partial charge is 0.492 e. The van der Waals surface area contributed by atoms with Gasteiger partial charge >= 0.3 is 0 Å². The van der Waals surface area contributed by atoms with E-state index in [0.717, 1.165) is 5.56 Å². The summed E-state index contributed by atoms with van der Waals surface area (Å²) in [5.41, 5.74) is 1.46. The molecule has 0 aliphatic rings. The fourth-order valence-corrected chi connectivity index (χ4v) is 2.43. The molecule has 0 fully saturated rings. The maximum Gasteiger partial charge on any atom is 0.226 e. The van der Waals surface area contributed by atoms with Crippen LogP contribution in [0, 0.1) is 0 Å². The van der Waals surface area contributed by atoms with Crippen LogP contribution in [0.1, 0.15) is 18.9 Å². The van der Waals surface area contributed by atoms with Gasteiger partial charge in [-0.05, 0) is 30.7 Å². The Morgan fingerprint density at radius 2 is 1.84 bits per heavy atom. The molecule has 0 aliphatic heterocycles. The van der Waals surface area contributed by atoms with Gasteiger partial charge in [-0.25, -0.2) is 0 Å². The number of halogens is 1. The number of hydrogen-bond donors (Lipinski definition) is 2. The fourth-order valence-electron chi connectivity index (χ4n) is 2.25. The molecular formula is C19H21ClN2O3. The van der Waals surface area contributed by atoms with Gasteiger partial charge in [0.2, 0.25) is 11.8 Å². The Hall–Kier alpha value is -2.53. The minimum Gasteiger partial charge on any atom is -0.492 e. The molecule has 0 aromatic heterocycles. The maximum absolute atomic E-state index is 12.1. The van der Waals surface area contributed by atoms with E-state index in [2.05, 4.69) is 10.6 Å². The number of anilines is 1. The SMILES string of the molecule is CCOc1ccc(Cl)cc1NC(=O)CCNC(=O)Cc1ccccc1. The second-order valence-corrected chi connectivity index (χ2v) is 5.82. The number of ether oxygens (including phenoxy) is 1. The lowest BCUT2D eigenvalue weighted by atomic mass is 10.1. The fraction of sp³-hybridized carbons (Fsp3) is 0.263. The van der Waals surface area contributed by atoms with Crippen molar-refractivity contribution in [2.45, 2.75) is 19.8 Å². The topological polar surface area (TPSA) is 67.4 Å². The summed E-state index contributed by atoms with van der Waals surface area (Å²) in [6.07, 6.45) is 0.462. The third-order valence-electron chi connectivity index (χ3n) is 3.40. The predicted octanol–water partition coefficient (Wildman–Crippen LogP) is 3.43. The summed E-state index contributed by atoms with van der Waals surface area (Å²) in [4.78, 5) is 23.9. The van der Waals surface area contributed by atoms with Crippen LogP contribution in [0.3, 0.4) is 0 Å². The Morgan fingerprint density at radius 1 is 1.08 bits per heavy atom. The Balaban J connectivity index is 1.79. The Morgan fingerprint density at radius 3 is 2.56 bits per heavy atom. The normalized spacial score (nSPS) is 10.2. The molecule has 0 bridgehead atoms. The van der Waals surface area contributed by atoms with Gasteiger partial charge in [0.15, 0.2) is 0 Å². The van der Waals surface area contributed by atoms with Gasteiger partial charge < -0.3 is 15.4 Å². The van der Waals surface area contributed by atoms with Crippen molar-refractivity contribution < 1.29 is 14.3 Å². The molecule has 0 unspecified atom stereocenters. The van der Waals surface area contributed by atoms with Crippen molar-refractivity contribution in [1.29, 1.82) is 0 Å². The molecule has 0 spiro atoms. The Labute approximate surface area is 152 Å². The number of amides is 2. The van der Waals surface area contributed by atoms with Crippen LogP contribution in [-0.2, 0) is 16.0 Å². The first kappa shape index (κ1) is 18.8. The third kappa shape index (κ3) is 6.47. The van der Waals surface area contributed by atoms with E-state index in [0.29, 0.717) is 29.5 Å². The lowest BCUT2D eigenvalue weighted by Crippen LogP contribution is -2.28. The number of rotatable bonds is 8. The van der Waals surface area contributed by atoms with Crippen molar-refractivity contribution >= 4 is 29.1 Å². The van der Waals surface area contributed by atoms with E-state index in [-0.39, 0.29) is 24.8 Å². The lowest BCUT2D eigenvalue weighted by Gasteiger charge is -2.12. The third-order valence-corrected chi connectivity index (χ3v) is 3.63. The van der Waals surface area contributed by atoms with E-state index in [9.17, 15) is 9.59 Å². The molecule has 0 saturated heterocycles. The average Bonchev–Trinajstić information content (AvgIpc) is 2.58. The molecule has 25 heavy (non-hydrogen) atoms. The molecule has 2 aromatic carbocycles. The summed E-state index contributed by atoms with van der Waals surface area (Å²) in [5, 5.41) is 6.01. The van der Waals surface area contributed by atoms with Crippen molar-refractivity contribution in [3.8, 4) is 5.75 Å². The van der Waals surface area contributed by atoms with Crippen molar-refractivity contribution in [1.82, 2.24) is 5.32 Å². The van der Waals surface area contributed by atoms with Crippen LogP contribution in [0.15, 0.2) is 48.5 Å². The van der Waals surface area contributed by atoms with Crippen molar-refractivity contribution in [3.63, 3.8) is 0 Å². The molecule has 2 aromatic rings. The summed E-state index contributed by atoms with van der Waals surface area (Å²) in [6, 6.07) is 14.5. The molecule has 2 amide bonds. The Bertz CT molecular complexity index is 720. The van der Waals surface area contributed by atoms with E-state index in [1.807, 2.05) is 37.3 Å². The molecule has 0 heterocycles. The second-order valence-electron chi connectivity index (χ2n) is 5.38. The quantitative estimate of drug-likeness (QED) is 0.757. The molecule has 2 rings (SSSR count). The van der Waals surface area contributed by atoms with E-state index in [1.54, 1.807) is 18.2 Å². The van der Waals surface area contributed by atoms with Gasteiger partial charge in [0.1, 0.15) is 5.75 Å². The standard InChI is InChI=1S/C19H21ClN2O3/c1-2-25-17-9-8-15(20)13-16(17)22-18(23)10-11-21-19(24)12-14-6-4-3-5-7-14/h3-9,13H,2,10-12H2,1H3,(H,21,24)(H,22,23).